The number of benzene rings is 1. The van der Waals surface area contributed by atoms with E-state index >= 15 is 0 Å². The van der Waals surface area contributed by atoms with Crippen LogP contribution in [0.2, 0.25) is 0 Å². The highest BCUT2D eigenvalue weighted by Gasteiger charge is 2.15. The van der Waals surface area contributed by atoms with Gasteiger partial charge in [0, 0.05) is 12.1 Å². The summed E-state index contributed by atoms with van der Waals surface area (Å²) in [5, 5.41) is 6.10. The molecule has 1 aromatic carbocycles. The number of aryl methyl sites for hydroxylation is 3. The lowest BCUT2D eigenvalue weighted by Gasteiger charge is -2.09. The molecule has 0 spiro atoms. The van der Waals surface area contributed by atoms with Crippen molar-refractivity contribution in [1.29, 1.82) is 0 Å². The van der Waals surface area contributed by atoms with Crippen molar-refractivity contribution in [2.24, 2.45) is 0 Å². The molecule has 0 fully saturated rings. The van der Waals surface area contributed by atoms with E-state index in [0.717, 1.165) is 27.0 Å². The third kappa shape index (κ3) is 2.56. The van der Waals surface area contributed by atoms with Crippen LogP contribution in [0.1, 0.15) is 18.2 Å². The molecular formula is C18H16N4O2S. The van der Waals surface area contributed by atoms with Crippen LogP contribution < -0.4 is 5.56 Å². The fourth-order valence-corrected chi connectivity index (χ4v) is 3.70. The Hall–Kier alpha value is -2.80. The summed E-state index contributed by atoms with van der Waals surface area (Å²) in [5.41, 5.74) is 3.90. The zero-order chi connectivity index (χ0) is 17.6. The van der Waals surface area contributed by atoms with Gasteiger partial charge in [-0.1, -0.05) is 5.16 Å². The van der Waals surface area contributed by atoms with Crippen LogP contribution in [0, 0.1) is 13.8 Å². The number of aromatic nitrogens is 4. The first-order chi connectivity index (χ1) is 12.1. The van der Waals surface area contributed by atoms with Crippen molar-refractivity contribution in [2.75, 3.05) is 0 Å². The van der Waals surface area contributed by atoms with Gasteiger partial charge in [-0.3, -0.25) is 4.79 Å². The van der Waals surface area contributed by atoms with Crippen LogP contribution in [0.3, 0.4) is 0 Å². The molecule has 4 rings (SSSR count). The molecule has 0 N–H and O–H groups in total. The standard InChI is InChI=1S/C18H16N4O2S/c1-4-22-14-6-5-12(9-13(14)19-11(3)18(22)23)16-20-17(24-21-16)15-10(2)7-8-25-15/h5-9H,4H2,1-3H3. The quantitative estimate of drug-likeness (QED) is 0.560. The molecule has 0 unspecified atom stereocenters. The van der Waals surface area contributed by atoms with Gasteiger partial charge in [0.25, 0.3) is 11.4 Å². The van der Waals surface area contributed by atoms with E-state index in [1.807, 2.05) is 43.5 Å². The molecule has 0 aliphatic rings. The normalized spacial score (nSPS) is 11.3. The average Bonchev–Trinajstić information content (AvgIpc) is 3.24. The first kappa shape index (κ1) is 15.7. The molecule has 25 heavy (non-hydrogen) atoms. The Morgan fingerprint density at radius 3 is 2.76 bits per heavy atom. The lowest BCUT2D eigenvalue weighted by atomic mass is 10.1. The second-order valence-corrected chi connectivity index (χ2v) is 6.72. The number of rotatable bonds is 3. The molecule has 0 radical (unpaired) electrons. The Labute approximate surface area is 147 Å². The SMILES string of the molecule is CCn1c(=O)c(C)nc2cc(-c3noc(-c4sccc4C)n3)ccc21. The van der Waals surface area contributed by atoms with E-state index < -0.39 is 0 Å². The fraction of sp³-hybridized carbons (Fsp3) is 0.222. The van der Waals surface area contributed by atoms with E-state index in [1.54, 1.807) is 22.8 Å². The van der Waals surface area contributed by atoms with Crippen LogP contribution in [-0.4, -0.2) is 19.7 Å². The number of hydrogen-bond donors (Lipinski definition) is 0. The highest BCUT2D eigenvalue weighted by Crippen LogP contribution is 2.29. The molecule has 3 heterocycles. The third-order valence-electron chi connectivity index (χ3n) is 4.17. The number of fused-ring (bicyclic) bond motifs is 1. The molecule has 0 saturated carbocycles. The molecule has 6 nitrogen and oxygen atoms in total. The van der Waals surface area contributed by atoms with Gasteiger partial charge in [-0.05, 0) is 56.0 Å². The van der Waals surface area contributed by atoms with E-state index in [4.69, 9.17) is 4.52 Å². The molecule has 0 aliphatic heterocycles. The Kier molecular flexibility index (Phi) is 3.73. The molecule has 0 atom stereocenters. The van der Waals surface area contributed by atoms with Crippen LogP contribution in [0.4, 0.5) is 0 Å². The van der Waals surface area contributed by atoms with Gasteiger partial charge in [0.1, 0.15) is 5.69 Å². The van der Waals surface area contributed by atoms with Gasteiger partial charge in [-0.2, -0.15) is 4.98 Å². The number of nitrogens with zero attached hydrogens (tertiary/aromatic N) is 4. The number of hydrogen-bond acceptors (Lipinski definition) is 6. The summed E-state index contributed by atoms with van der Waals surface area (Å²) in [5.74, 6) is 1.03. The van der Waals surface area contributed by atoms with Crippen molar-refractivity contribution >= 4 is 22.4 Å². The summed E-state index contributed by atoms with van der Waals surface area (Å²) in [6, 6.07) is 7.69. The average molecular weight is 352 g/mol. The molecule has 0 amide bonds. The minimum atomic E-state index is -0.0576. The molecule has 0 saturated heterocycles. The van der Waals surface area contributed by atoms with E-state index in [0.29, 0.717) is 24.0 Å². The summed E-state index contributed by atoms with van der Waals surface area (Å²) in [4.78, 5) is 22.1. The topological polar surface area (TPSA) is 73.8 Å². The maximum Gasteiger partial charge on any atom is 0.272 e. The highest BCUT2D eigenvalue weighted by molar-refractivity contribution is 7.13. The molecule has 3 aromatic heterocycles. The highest BCUT2D eigenvalue weighted by atomic mass is 32.1. The van der Waals surface area contributed by atoms with Crippen molar-refractivity contribution in [2.45, 2.75) is 27.3 Å². The Morgan fingerprint density at radius 2 is 2.04 bits per heavy atom. The summed E-state index contributed by atoms with van der Waals surface area (Å²) in [6.07, 6.45) is 0. The van der Waals surface area contributed by atoms with Gasteiger partial charge < -0.3 is 9.09 Å². The maximum absolute atomic E-state index is 12.2. The maximum atomic E-state index is 12.2. The van der Waals surface area contributed by atoms with Crippen molar-refractivity contribution in [3.63, 3.8) is 0 Å². The van der Waals surface area contributed by atoms with Gasteiger partial charge in [0.05, 0.1) is 15.9 Å². The zero-order valence-electron chi connectivity index (χ0n) is 14.1. The van der Waals surface area contributed by atoms with Crippen molar-refractivity contribution in [3.8, 4) is 22.2 Å². The Bertz CT molecular complexity index is 1140. The van der Waals surface area contributed by atoms with E-state index in [2.05, 4.69) is 15.1 Å². The smallest absolute Gasteiger partial charge is 0.272 e. The predicted molar refractivity (Wildman–Crippen MR) is 97.8 cm³/mol. The van der Waals surface area contributed by atoms with Gasteiger partial charge in [-0.15, -0.1) is 11.3 Å². The predicted octanol–water partition coefficient (Wildman–Crippen LogP) is 3.81. The van der Waals surface area contributed by atoms with Crippen LogP contribution in [0.15, 0.2) is 39.0 Å². The lowest BCUT2D eigenvalue weighted by molar-refractivity contribution is 0.433. The second-order valence-electron chi connectivity index (χ2n) is 5.81. The molecule has 7 heteroatoms. The van der Waals surface area contributed by atoms with Crippen molar-refractivity contribution in [3.05, 3.63) is 51.3 Å². The minimum Gasteiger partial charge on any atom is -0.333 e. The molecule has 0 aliphatic carbocycles. The monoisotopic (exact) mass is 352 g/mol. The lowest BCUT2D eigenvalue weighted by Crippen LogP contribution is -2.23. The second kappa shape index (κ2) is 5.93. The van der Waals surface area contributed by atoms with Gasteiger partial charge in [0.15, 0.2) is 0 Å². The zero-order valence-corrected chi connectivity index (χ0v) is 14.9. The minimum absolute atomic E-state index is 0.0576. The van der Waals surface area contributed by atoms with Crippen LogP contribution in [0.5, 0.6) is 0 Å². The van der Waals surface area contributed by atoms with Crippen LogP contribution >= 0.6 is 11.3 Å². The number of thiophene rings is 1. The molecule has 0 bridgehead atoms. The van der Waals surface area contributed by atoms with Gasteiger partial charge in [0.2, 0.25) is 5.82 Å². The Morgan fingerprint density at radius 1 is 1.20 bits per heavy atom. The van der Waals surface area contributed by atoms with Crippen LogP contribution in [-0.2, 0) is 6.54 Å². The van der Waals surface area contributed by atoms with Crippen LogP contribution in [0.25, 0.3) is 33.2 Å². The Balaban J connectivity index is 1.83. The van der Waals surface area contributed by atoms with E-state index in [-0.39, 0.29) is 5.56 Å². The first-order valence-electron chi connectivity index (χ1n) is 7.98. The van der Waals surface area contributed by atoms with Crippen molar-refractivity contribution in [1.82, 2.24) is 19.7 Å². The first-order valence-corrected chi connectivity index (χ1v) is 8.86. The van der Waals surface area contributed by atoms with E-state index in [9.17, 15) is 4.79 Å². The summed E-state index contributed by atoms with van der Waals surface area (Å²) in [6.45, 7) is 6.29. The van der Waals surface area contributed by atoms with Gasteiger partial charge >= 0.3 is 0 Å². The largest absolute Gasteiger partial charge is 0.333 e. The summed E-state index contributed by atoms with van der Waals surface area (Å²) < 4.78 is 7.14. The molecular weight excluding hydrogens is 336 g/mol. The van der Waals surface area contributed by atoms with Gasteiger partial charge in [-0.25, -0.2) is 4.98 Å². The fourth-order valence-electron chi connectivity index (χ4n) is 2.85. The summed E-state index contributed by atoms with van der Waals surface area (Å²) in [7, 11) is 0. The molecule has 4 aromatic rings. The molecule has 126 valence electrons. The third-order valence-corrected chi connectivity index (χ3v) is 5.17. The van der Waals surface area contributed by atoms with E-state index in [1.165, 1.54) is 0 Å². The summed E-state index contributed by atoms with van der Waals surface area (Å²) >= 11 is 1.58. The van der Waals surface area contributed by atoms with Crippen molar-refractivity contribution < 1.29 is 4.52 Å².